The van der Waals surface area contributed by atoms with Crippen molar-refractivity contribution in [1.82, 2.24) is 0 Å². The van der Waals surface area contributed by atoms with E-state index in [1.165, 1.54) is 19.3 Å². The average molecular weight is 184 g/mol. The third-order valence-electron chi connectivity index (χ3n) is 2.68. The summed E-state index contributed by atoms with van der Waals surface area (Å²) in [5, 5.41) is 0. The smallest absolute Gasteiger partial charge is 0.166 e. The highest BCUT2D eigenvalue weighted by Gasteiger charge is 2.39. The molecule has 1 aliphatic heterocycles. The molecule has 2 nitrogen and oxygen atoms in total. The predicted octanol–water partition coefficient (Wildman–Crippen LogP) is 2.70. The number of carbonyl (C=O) groups excluding carboxylic acids is 1. The van der Waals surface area contributed by atoms with Gasteiger partial charge < -0.3 is 4.74 Å². The van der Waals surface area contributed by atoms with Gasteiger partial charge >= 0.3 is 0 Å². The van der Waals surface area contributed by atoms with Crippen LogP contribution < -0.4 is 0 Å². The average Bonchev–Trinajstić information content (AvgIpc) is 2.27. The second kappa shape index (κ2) is 4.23. The van der Waals surface area contributed by atoms with Crippen LogP contribution in [0.3, 0.4) is 0 Å². The number of unbranched alkanes of at least 4 members (excludes halogenated alkanes) is 2. The van der Waals surface area contributed by atoms with Crippen molar-refractivity contribution in [3.05, 3.63) is 0 Å². The van der Waals surface area contributed by atoms with Crippen LogP contribution in [0.2, 0.25) is 0 Å². The van der Waals surface area contributed by atoms with Gasteiger partial charge in [-0.3, -0.25) is 4.79 Å². The van der Waals surface area contributed by atoms with Gasteiger partial charge in [0.2, 0.25) is 0 Å². The molecule has 0 amide bonds. The Morgan fingerprint density at radius 2 is 2.15 bits per heavy atom. The highest BCUT2D eigenvalue weighted by atomic mass is 16.5. The van der Waals surface area contributed by atoms with Crippen LogP contribution in [0.25, 0.3) is 0 Å². The molecule has 0 aromatic carbocycles. The van der Waals surface area contributed by atoms with Crippen LogP contribution in [0.1, 0.15) is 52.9 Å². The number of hydrogen-bond acceptors (Lipinski definition) is 2. The van der Waals surface area contributed by atoms with E-state index in [0.717, 1.165) is 6.42 Å². The summed E-state index contributed by atoms with van der Waals surface area (Å²) in [6.07, 6.45) is 5.51. The lowest BCUT2D eigenvalue weighted by Crippen LogP contribution is -2.27. The van der Waals surface area contributed by atoms with Gasteiger partial charge in [-0.1, -0.05) is 26.2 Å². The first-order valence-electron chi connectivity index (χ1n) is 5.27. The van der Waals surface area contributed by atoms with Crippen LogP contribution in [-0.2, 0) is 9.53 Å². The molecule has 0 bridgehead atoms. The van der Waals surface area contributed by atoms with Crippen molar-refractivity contribution < 1.29 is 9.53 Å². The van der Waals surface area contributed by atoms with Crippen molar-refractivity contribution >= 4 is 5.78 Å². The minimum atomic E-state index is -0.517. The number of carbonyl (C=O) groups is 1. The summed E-state index contributed by atoms with van der Waals surface area (Å²) in [5.41, 5.74) is -0.517. The molecule has 76 valence electrons. The number of Topliss-reactive ketones (excluding diaryl/α,β-unsaturated/α-hetero) is 1. The topological polar surface area (TPSA) is 26.3 Å². The summed E-state index contributed by atoms with van der Waals surface area (Å²) in [4.78, 5) is 11.4. The lowest BCUT2D eigenvalue weighted by molar-refractivity contribution is -0.129. The molecule has 0 N–H and O–H groups in total. The van der Waals surface area contributed by atoms with Crippen molar-refractivity contribution in [3.63, 3.8) is 0 Å². The van der Waals surface area contributed by atoms with E-state index in [-0.39, 0.29) is 11.9 Å². The largest absolute Gasteiger partial charge is 0.364 e. The quantitative estimate of drug-likeness (QED) is 0.628. The number of ether oxygens (including phenoxy) is 1. The van der Waals surface area contributed by atoms with Gasteiger partial charge in [0, 0.05) is 6.42 Å². The molecule has 1 saturated heterocycles. The molecule has 0 spiro atoms. The van der Waals surface area contributed by atoms with Gasteiger partial charge in [-0.05, 0) is 20.3 Å². The van der Waals surface area contributed by atoms with E-state index in [9.17, 15) is 4.79 Å². The van der Waals surface area contributed by atoms with Crippen molar-refractivity contribution in [2.24, 2.45) is 0 Å². The fourth-order valence-electron chi connectivity index (χ4n) is 1.76. The van der Waals surface area contributed by atoms with Crippen LogP contribution in [-0.4, -0.2) is 17.5 Å². The maximum absolute atomic E-state index is 11.4. The Labute approximate surface area is 80.7 Å². The predicted molar refractivity (Wildman–Crippen MR) is 52.7 cm³/mol. The molecule has 1 heterocycles. The first-order chi connectivity index (χ1) is 6.06. The Morgan fingerprint density at radius 1 is 1.46 bits per heavy atom. The van der Waals surface area contributed by atoms with E-state index in [4.69, 9.17) is 4.74 Å². The van der Waals surface area contributed by atoms with Crippen LogP contribution in [0.4, 0.5) is 0 Å². The molecule has 0 radical (unpaired) electrons. The SMILES string of the molecule is CCCCCC1CC(=O)C(C)(C)O1. The lowest BCUT2D eigenvalue weighted by atomic mass is 10.0. The number of hydrogen-bond donors (Lipinski definition) is 0. The van der Waals surface area contributed by atoms with Gasteiger partial charge in [-0.25, -0.2) is 0 Å². The summed E-state index contributed by atoms with van der Waals surface area (Å²) >= 11 is 0. The fraction of sp³-hybridized carbons (Fsp3) is 0.909. The second-order valence-electron chi connectivity index (χ2n) is 4.37. The maximum atomic E-state index is 11.4. The van der Waals surface area contributed by atoms with E-state index < -0.39 is 5.60 Å². The molecule has 0 aliphatic carbocycles. The highest BCUT2D eigenvalue weighted by molar-refractivity contribution is 5.88. The number of ketones is 1. The van der Waals surface area contributed by atoms with E-state index in [1.807, 2.05) is 13.8 Å². The first kappa shape index (κ1) is 10.7. The highest BCUT2D eigenvalue weighted by Crippen LogP contribution is 2.28. The van der Waals surface area contributed by atoms with Crippen molar-refractivity contribution in [3.8, 4) is 0 Å². The van der Waals surface area contributed by atoms with Gasteiger partial charge in [0.15, 0.2) is 5.78 Å². The Balaban J connectivity index is 2.28. The fourth-order valence-corrected chi connectivity index (χ4v) is 1.76. The van der Waals surface area contributed by atoms with E-state index >= 15 is 0 Å². The molecule has 2 heteroatoms. The first-order valence-corrected chi connectivity index (χ1v) is 5.27. The summed E-state index contributed by atoms with van der Waals surface area (Å²) < 4.78 is 5.66. The standard InChI is InChI=1S/C11H20O2/c1-4-5-6-7-9-8-10(12)11(2,3)13-9/h9H,4-8H2,1-3H3. The normalized spacial score (nSPS) is 26.7. The van der Waals surface area contributed by atoms with Crippen LogP contribution in [0.15, 0.2) is 0 Å². The van der Waals surface area contributed by atoms with Crippen molar-refractivity contribution in [2.45, 2.75) is 64.6 Å². The molecule has 0 saturated carbocycles. The van der Waals surface area contributed by atoms with Gasteiger partial charge in [0.25, 0.3) is 0 Å². The minimum absolute atomic E-state index is 0.189. The van der Waals surface area contributed by atoms with Crippen LogP contribution in [0.5, 0.6) is 0 Å². The summed E-state index contributed by atoms with van der Waals surface area (Å²) in [7, 11) is 0. The number of rotatable bonds is 4. The van der Waals surface area contributed by atoms with E-state index in [1.54, 1.807) is 0 Å². The summed E-state index contributed by atoms with van der Waals surface area (Å²) in [6.45, 7) is 5.93. The Bertz CT molecular complexity index is 185. The molecular weight excluding hydrogens is 164 g/mol. The molecule has 0 aromatic rings. The van der Waals surface area contributed by atoms with Gasteiger partial charge in [-0.2, -0.15) is 0 Å². The Hall–Kier alpha value is -0.370. The zero-order valence-electron chi connectivity index (χ0n) is 8.93. The summed E-state index contributed by atoms with van der Waals surface area (Å²) in [5.74, 6) is 0.258. The zero-order chi connectivity index (χ0) is 9.90. The van der Waals surface area contributed by atoms with Crippen LogP contribution >= 0.6 is 0 Å². The maximum Gasteiger partial charge on any atom is 0.166 e. The Morgan fingerprint density at radius 3 is 2.62 bits per heavy atom. The molecule has 1 unspecified atom stereocenters. The summed E-state index contributed by atoms with van der Waals surface area (Å²) in [6, 6.07) is 0. The lowest BCUT2D eigenvalue weighted by Gasteiger charge is -2.17. The zero-order valence-corrected chi connectivity index (χ0v) is 8.93. The Kier molecular flexibility index (Phi) is 3.48. The van der Waals surface area contributed by atoms with Crippen molar-refractivity contribution in [2.75, 3.05) is 0 Å². The third kappa shape index (κ3) is 2.80. The molecular formula is C11H20O2. The second-order valence-corrected chi connectivity index (χ2v) is 4.37. The van der Waals surface area contributed by atoms with E-state index in [2.05, 4.69) is 6.92 Å². The molecule has 1 rings (SSSR count). The van der Waals surface area contributed by atoms with Gasteiger partial charge in [-0.15, -0.1) is 0 Å². The van der Waals surface area contributed by atoms with Crippen LogP contribution in [0, 0.1) is 0 Å². The molecule has 1 fully saturated rings. The third-order valence-corrected chi connectivity index (χ3v) is 2.68. The van der Waals surface area contributed by atoms with E-state index in [0.29, 0.717) is 6.42 Å². The monoisotopic (exact) mass is 184 g/mol. The molecule has 0 aromatic heterocycles. The van der Waals surface area contributed by atoms with Crippen molar-refractivity contribution in [1.29, 1.82) is 0 Å². The minimum Gasteiger partial charge on any atom is -0.364 e. The molecule has 1 atom stereocenters. The van der Waals surface area contributed by atoms with Gasteiger partial charge in [0.1, 0.15) is 5.60 Å². The molecule has 13 heavy (non-hydrogen) atoms. The van der Waals surface area contributed by atoms with Gasteiger partial charge in [0.05, 0.1) is 6.10 Å². The molecule has 1 aliphatic rings.